The summed E-state index contributed by atoms with van der Waals surface area (Å²) < 4.78 is 7.63. The summed E-state index contributed by atoms with van der Waals surface area (Å²) in [6, 6.07) is 11.2. The van der Waals surface area contributed by atoms with Crippen LogP contribution in [0.25, 0.3) is 11.4 Å². The molecule has 0 saturated heterocycles. The number of hydrogen-bond donors (Lipinski definition) is 0. The van der Waals surface area contributed by atoms with E-state index in [-0.39, 0.29) is 0 Å². The van der Waals surface area contributed by atoms with Crippen molar-refractivity contribution in [2.75, 3.05) is 12.4 Å². The second-order valence-corrected chi connectivity index (χ2v) is 6.26. The Morgan fingerprint density at radius 3 is 2.74 bits per heavy atom. The van der Waals surface area contributed by atoms with Crippen LogP contribution in [0.15, 0.2) is 53.9 Å². The first-order valence-electron chi connectivity index (χ1n) is 7.05. The average molecular weight is 347 g/mol. The quantitative estimate of drug-likeness (QED) is 0.503. The minimum Gasteiger partial charge on any atom is -0.493 e. The molecule has 23 heavy (non-hydrogen) atoms. The van der Waals surface area contributed by atoms with E-state index in [0.29, 0.717) is 11.6 Å². The first kappa shape index (κ1) is 15.8. The zero-order valence-corrected chi connectivity index (χ0v) is 14.1. The minimum absolute atomic E-state index is 0.585. The van der Waals surface area contributed by atoms with Crippen LogP contribution in [0.4, 0.5) is 0 Å². The van der Waals surface area contributed by atoms with Crippen LogP contribution in [0.5, 0.6) is 5.75 Å². The van der Waals surface area contributed by atoms with Crippen LogP contribution in [0.1, 0.15) is 0 Å². The summed E-state index contributed by atoms with van der Waals surface area (Å²) in [6.07, 6.45) is 3.52. The van der Waals surface area contributed by atoms with Crippen LogP contribution in [0.3, 0.4) is 0 Å². The Bertz CT molecular complexity index is 762. The van der Waals surface area contributed by atoms with Gasteiger partial charge in [-0.15, -0.1) is 10.2 Å². The largest absolute Gasteiger partial charge is 0.493 e. The van der Waals surface area contributed by atoms with E-state index < -0.39 is 0 Å². The normalized spacial score (nSPS) is 10.7. The van der Waals surface area contributed by atoms with Crippen molar-refractivity contribution in [1.82, 2.24) is 19.7 Å². The lowest BCUT2D eigenvalue weighted by Gasteiger charge is -2.06. The standard InChI is InChI=1S/C16H15ClN4OS/c1-21-15(12-3-2-8-18-11-12)19-20-16(21)23-10-9-22-14-6-4-13(17)5-7-14/h2-8,11H,9-10H2,1H3. The summed E-state index contributed by atoms with van der Waals surface area (Å²) >= 11 is 7.44. The number of nitrogens with zero attached hydrogens (tertiary/aromatic N) is 4. The van der Waals surface area contributed by atoms with Crippen molar-refractivity contribution < 1.29 is 4.74 Å². The average Bonchev–Trinajstić information content (AvgIpc) is 2.95. The molecule has 7 heteroatoms. The van der Waals surface area contributed by atoms with Crippen LogP contribution in [0.2, 0.25) is 5.02 Å². The Labute approximate surface area is 143 Å². The molecule has 0 aliphatic heterocycles. The molecule has 0 unspecified atom stereocenters. The van der Waals surface area contributed by atoms with Gasteiger partial charge in [-0.1, -0.05) is 23.4 Å². The molecule has 118 valence electrons. The summed E-state index contributed by atoms with van der Waals surface area (Å²) in [7, 11) is 1.95. The third kappa shape index (κ3) is 4.03. The van der Waals surface area contributed by atoms with Gasteiger partial charge in [-0.3, -0.25) is 4.98 Å². The molecule has 3 rings (SSSR count). The van der Waals surface area contributed by atoms with E-state index in [1.165, 1.54) is 0 Å². The molecule has 0 atom stereocenters. The van der Waals surface area contributed by atoms with E-state index in [4.69, 9.17) is 16.3 Å². The number of hydrogen-bond acceptors (Lipinski definition) is 5. The maximum absolute atomic E-state index is 5.84. The summed E-state index contributed by atoms with van der Waals surface area (Å²) in [6.45, 7) is 0.585. The van der Waals surface area contributed by atoms with E-state index in [9.17, 15) is 0 Å². The highest BCUT2D eigenvalue weighted by molar-refractivity contribution is 7.99. The van der Waals surface area contributed by atoms with Gasteiger partial charge in [0, 0.05) is 35.8 Å². The Hall–Kier alpha value is -2.05. The Balaban J connectivity index is 1.55. The van der Waals surface area contributed by atoms with Crippen molar-refractivity contribution in [3.05, 3.63) is 53.8 Å². The van der Waals surface area contributed by atoms with Gasteiger partial charge in [0.1, 0.15) is 5.75 Å². The molecule has 0 N–H and O–H groups in total. The predicted molar refractivity (Wildman–Crippen MR) is 91.9 cm³/mol. The molecular weight excluding hydrogens is 332 g/mol. The fraction of sp³-hybridized carbons (Fsp3) is 0.188. The Morgan fingerprint density at radius 1 is 1.17 bits per heavy atom. The molecule has 0 bridgehead atoms. The third-order valence-electron chi connectivity index (χ3n) is 3.15. The van der Waals surface area contributed by atoms with Crippen LogP contribution < -0.4 is 4.74 Å². The summed E-state index contributed by atoms with van der Waals surface area (Å²) in [5.74, 6) is 2.39. The number of benzene rings is 1. The lowest BCUT2D eigenvalue weighted by molar-refractivity contribution is 0.344. The fourth-order valence-electron chi connectivity index (χ4n) is 2.01. The maximum atomic E-state index is 5.84. The monoisotopic (exact) mass is 346 g/mol. The molecule has 0 aliphatic carbocycles. The predicted octanol–water partition coefficient (Wildman–Crippen LogP) is 3.70. The van der Waals surface area contributed by atoms with Gasteiger partial charge in [0.2, 0.25) is 0 Å². The summed E-state index contributed by atoms with van der Waals surface area (Å²) in [4.78, 5) is 4.11. The number of halogens is 1. The maximum Gasteiger partial charge on any atom is 0.191 e. The van der Waals surface area contributed by atoms with Crippen LogP contribution >= 0.6 is 23.4 Å². The Morgan fingerprint density at radius 2 is 2.00 bits per heavy atom. The summed E-state index contributed by atoms with van der Waals surface area (Å²) in [5.41, 5.74) is 0.951. The van der Waals surface area contributed by atoms with E-state index in [1.54, 1.807) is 24.2 Å². The zero-order chi connectivity index (χ0) is 16.1. The molecule has 0 aliphatic rings. The molecule has 0 fully saturated rings. The molecule has 2 aromatic heterocycles. The second kappa shape index (κ2) is 7.48. The van der Waals surface area contributed by atoms with Crippen molar-refractivity contribution >= 4 is 23.4 Å². The van der Waals surface area contributed by atoms with Gasteiger partial charge < -0.3 is 9.30 Å². The lowest BCUT2D eigenvalue weighted by atomic mass is 10.3. The smallest absolute Gasteiger partial charge is 0.191 e. The van der Waals surface area contributed by atoms with E-state index in [1.807, 2.05) is 48.0 Å². The van der Waals surface area contributed by atoms with Gasteiger partial charge in [0.15, 0.2) is 11.0 Å². The highest BCUT2D eigenvalue weighted by Crippen LogP contribution is 2.22. The van der Waals surface area contributed by atoms with Gasteiger partial charge in [-0.25, -0.2) is 0 Å². The molecule has 0 radical (unpaired) electrons. The van der Waals surface area contributed by atoms with Crippen molar-refractivity contribution in [3.8, 4) is 17.1 Å². The first-order chi connectivity index (χ1) is 11.2. The number of thioether (sulfide) groups is 1. The van der Waals surface area contributed by atoms with Crippen molar-refractivity contribution in [1.29, 1.82) is 0 Å². The minimum atomic E-state index is 0.585. The molecule has 0 saturated carbocycles. The fourth-order valence-corrected chi connectivity index (χ4v) is 2.86. The Kier molecular flexibility index (Phi) is 5.15. The molecule has 0 amide bonds. The number of ether oxygens (including phenoxy) is 1. The van der Waals surface area contributed by atoms with Crippen LogP contribution in [0, 0.1) is 0 Å². The third-order valence-corrected chi connectivity index (χ3v) is 4.39. The summed E-state index contributed by atoms with van der Waals surface area (Å²) in [5, 5.41) is 10.0. The number of pyridine rings is 1. The molecule has 5 nitrogen and oxygen atoms in total. The lowest BCUT2D eigenvalue weighted by Crippen LogP contribution is -2.02. The van der Waals surface area contributed by atoms with Crippen LogP contribution in [-0.4, -0.2) is 32.1 Å². The number of rotatable bonds is 6. The van der Waals surface area contributed by atoms with Gasteiger partial charge in [-0.05, 0) is 36.4 Å². The molecule has 0 spiro atoms. The van der Waals surface area contributed by atoms with Crippen molar-refractivity contribution in [2.45, 2.75) is 5.16 Å². The van der Waals surface area contributed by atoms with Gasteiger partial charge in [0.05, 0.1) is 6.61 Å². The highest BCUT2D eigenvalue weighted by Gasteiger charge is 2.11. The van der Waals surface area contributed by atoms with E-state index in [0.717, 1.165) is 28.0 Å². The SMILES string of the molecule is Cn1c(SCCOc2ccc(Cl)cc2)nnc1-c1cccnc1. The first-order valence-corrected chi connectivity index (χ1v) is 8.41. The molecular formula is C16H15ClN4OS. The van der Waals surface area contributed by atoms with Crippen LogP contribution in [-0.2, 0) is 7.05 Å². The van der Waals surface area contributed by atoms with E-state index >= 15 is 0 Å². The van der Waals surface area contributed by atoms with Gasteiger partial charge >= 0.3 is 0 Å². The zero-order valence-electron chi connectivity index (χ0n) is 12.5. The number of aromatic nitrogens is 4. The van der Waals surface area contributed by atoms with Crippen molar-refractivity contribution in [3.63, 3.8) is 0 Å². The second-order valence-electron chi connectivity index (χ2n) is 4.76. The molecule has 1 aromatic carbocycles. The van der Waals surface area contributed by atoms with Gasteiger partial charge in [0.25, 0.3) is 0 Å². The highest BCUT2D eigenvalue weighted by atomic mass is 35.5. The van der Waals surface area contributed by atoms with Gasteiger partial charge in [-0.2, -0.15) is 0 Å². The van der Waals surface area contributed by atoms with Crippen molar-refractivity contribution in [2.24, 2.45) is 7.05 Å². The molecule has 2 heterocycles. The van der Waals surface area contributed by atoms with E-state index in [2.05, 4.69) is 15.2 Å². The topological polar surface area (TPSA) is 52.8 Å². The molecule has 3 aromatic rings.